The summed E-state index contributed by atoms with van der Waals surface area (Å²) < 4.78 is 5.25. The Morgan fingerprint density at radius 1 is 1.40 bits per heavy atom. The lowest BCUT2D eigenvalue weighted by Crippen LogP contribution is -2.46. The van der Waals surface area contributed by atoms with Crippen molar-refractivity contribution in [2.24, 2.45) is 5.73 Å². The molecular weight excluding hydrogens is 256 g/mol. The van der Waals surface area contributed by atoms with Crippen LogP contribution < -0.4 is 5.73 Å². The maximum Gasteiger partial charge on any atom is 0.410 e. The van der Waals surface area contributed by atoms with Gasteiger partial charge in [0.15, 0.2) is 5.78 Å². The van der Waals surface area contributed by atoms with Crippen molar-refractivity contribution >= 4 is 11.9 Å². The Balaban J connectivity index is 1.93. The average molecular weight is 275 g/mol. The number of likely N-dealkylation sites (tertiary alicyclic amines) is 1. The normalized spacial score (nSPS) is 19.7. The van der Waals surface area contributed by atoms with Gasteiger partial charge in [-0.3, -0.25) is 9.69 Å². The van der Waals surface area contributed by atoms with Crippen LogP contribution in [0, 0.1) is 6.92 Å². The topological polar surface area (TPSA) is 72.6 Å². The predicted molar refractivity (Wildman–Crippen MR) is 74.7 cm³/mol. The molecule has 107 valence electrons. The molecule has 0 saturated carbocycles. The highest BCUT2D eigenvalue weighted by molar-refractivity contribution is 5.92. The van der Waals surface area contributed by atoms with E-state index in [0.717, 1.165) is 12.0 Å². The number of ether oxygens (including phenoxy) is 1. The zero-order valence-corrected chi connectivity index (χ0v) is 11.3. The number of carbonyl (C=O) groups is 2. The van der Waals surface area contributed by atoms with Gasteiger partial charge in [-0.1, -0.05) is 30.3 Å². The third-order valence-corrected chi connectivity index (χ3v) is 3.39. The van der Waals surface area contributed by atoms with Crippen LogP contribution in [0.5, 0.6) is 0 Å². The number of nitrogens with zero attached hydrogens (tertiary/aromatic N) is 1. The molecule has 20 heavy (non-hydrogen) atoms. The summed E-state index contributed by atoms with van der Waals surface area (Å²) in [6.07, 6.45) is 0.942. The molecule has 1 fully saturated rings. The Hall–Kier alpha value is -1.88. The number of ketones is 1. The summed E-state index contributed by atoms with van der Waals surface area (Å²) in [6.45, 7) is 4.25. The van der Waals surface area contributed by atoms with Gasteiger partial charge in [-0.25, -0.2) is 4.79 Å². The van der Waals surface area contributed by atoms with Crippen LogP contribution in [0.2, 0.25) is 0 Å². The van der Waals surface area contributed by atoms with E-state index in [0.29, 0.717) is 13.0 Å². The lowest BCUT2D eigenvalue weighted by atomic mass is 10.1. The first-order chi connectivity index (χ1) is 9.59. The lowest BCUT2D eigenvalue weighted by molar-refractivity contribution is -0.123. The Bertz CT molecular complexity index is 473. The van der Waals surface area contributed by atoms with Crippen molar-refractivity contribution in [3.05, 3.63) is 42.8 Å². The molecule has 1 aromatic rings. The summed E-state index contributed by atoms with van der Waals surface area (Å²) in [4.78, 5) is 25.4. The smallest absolute Gasteiger partial charge is 0.410 e. The predicted octanol–water partition coefficient (Wildman–Crippen LogP) is 1.52. The third kappa shape index (κ3) is 3.36. The Morgan fingerprint density at radius 3 is 2.75 bits per heavy atom. The van der Waals surface area contributed by atoms with Crippen molar-refractivity contribution in [1.29, 1.82) is 0 Å². The molecule has 0 spiro atoms. The molecule has 1 unspecified atom stereocenters. The molecule has 1 radical (unpaired) electrons. The summed E-state index contributed by atoms with van der Waals surface area (Å²) in [5.41, 5.74) is 6.42. The van der Waals surface area contributed by atoms with Crippen LogP contribution in [-0.2, 0) is 16.1 Å². The number of benzene rings is 1. The van der Waals surface area contributed by atoms with Crippen LogP contribution in [0.4, 0.5) is 4.79 Å². The van der Waals surface area contributed by atoms with Gasteiger partial charge in [0, 0.05) is 6.54 Å². The Kier molecular flexibility index (Phi) is 4.74. The van der Waals surface area contributed by atoms with E-state index >= 15 is 0 Å². The van der Waals surface area contributed by atoms with E-state index in [9.17, 15) is 9.59 Å². The minimum atomic E-state index is -0.803. The average Bonchev–Trinajstić information content (AvgIpc) is 2.94. The van der Waals surface area contributed by atoms with Crippen LogP contribution in [0.15, 0.2) is 30.3 Å². The van der Waals surface area contributed by atoms with E-state index in [1.165, 1.54) is 4.90 Å². The van der Waals surface area contributed by atoms with Crippen LogP contribution in [0.25, 0.3) is 0 Å². The highest BCUT2D eigenvalue weighted by Crippen LogP contribution is 2.20. The fourth-order valence-electron chi connectivity index (χ4n) is 2.33. The van der Waals surface area contributed by atoms with Gasteiger partial charge in [-0.05, 0) is 25.3 Å². The van der Waals surface area contributed by atoms with Crippen molar-refractivity contribution in [1.82, 2.24) is 4.90 Å². The van der Waals surface area contributed by atoms with Crippen LogP contribution >= 0.6 is 0 Å². The molecule has 0 aliphatic carbocycles. The highest BCUT2D eigenvalue weighted by atomic mass is 16.6. The van der Waals surface area contributed by atoms with Crippen molar-refractivity contribution in [3.8, 4) is 0 Å². The van der Waals surface area contributed by atoms with Crippen molar-refractivity contribution < 1.29 is 14.3 Å². The number of rotatable bonds is 4. The minimum absolute atomic E-state index is 0.202. The number of hydrogen-bond acceptors (Lipinski definition) is 4. The monoisotopic (exact) mass is 275 g/mol. The largest absolute Gasteiger partial charge is 0.445 e. The van der Waals surface area contributed by atoms with E-state index in [4.69, 9.17) is 10.5 Å². The highest BCUT2D eigenvalue weighted by Gasteiger charge is 2.36. The molecule has 1 aliphatic heterocycles. The molecule has 5 nitrogen and oxygen atoms in total. The summed E-state index contributed by atoms with van der Waals surface area (Å²) in [6, 6.07) is 8.13. The van der Waals surface area contributed by atoms with Gasteiger partial charge >= 0.3 is 6.09 Å². The molecule has 2 atom stereocenters. The summed E-state index contributed by atoms with van der Waals surface area (Å²) >= 11 is 0. The summed E-state index contributed by atoms with van der Waals surface area (Å²) in [5.74, 6) is -0.209. The van der Waals surface area contributed by atoms with Gasteiger partial charge in [-0.15, -0.1) is 0 Å². The fraction of sp³-hybridized carbons (Fsp3) is 0.400. The zero-order chi connectivity index (χ0) is 14.5. The molecule has 1 saturated heterocycles. The number of hydrogen-bond donors (Lipinski definition) is 1. The van der Waals surface area contributed by atoms with E-state index in [2.05, 4.69) is 6.92 Å². The summed E-state index contributed by atoms with van der Waals surface area (Å²) in [7, 11) is 0. The van der Waals surface area contributed by atoms with Gasteiger partial charge in [0.05, 0.1) is 12.1 Å². The van der Waals surface area contributed by atoms with Crippen LogP contribution in [-0.4, -0.2) is 35.4 Å². The Labute approximate surface area is 118 Å². The SMILES string of the molecule is [CH2]C(N)C(=O)[C@@H]1CCCN1C(=O)OCc1ccccc1. The van der Waals surface area contributed by atoms with Crippen LogP contribution in [0.1, 0.15) is 18.4 Å². The second-order valence-corrected chi connectivity index (χ2v) is 4.90. The Morgan fingerprint density at radius 2 is 2.10 bits per heavy atom. The van der Waals surface area contributed by atoms with Gasteiger partial charge in [0.25, 0.3) is 0 Å². The quantitative estimate of drug-likeness (QED) is 0.904. The number of carbonyl (C=O) groups excluding carboxylic acids is 2. The molecule has 1 aromatic carbocycles. The van der Waals surface area contributed by atoms with Gasteiger partial charge in [-0.2, -0.15) is 0 Å². The van der Waals surface area contributed by atoms with E-state index < -0.39 is 18.2 Å². The molecule has 1 aliphatic rings. The second-order valence-electron chi connectivity index (χ2n) is 4.90. The molecule has 0 aromatic heterocycles. The molecule has 0 bridgehead atoms. The summed E-state index contributed by atoms with van der Waals surface area (Å²) in [5, 5.41) is 0. The number of nitrogens with two attached hydrogens (primary N) is 1. The first kappa shape index (κ1) is 14.5. The van der Waals surface area contributed by atoms with E-state index in [1.807, 2.05) is 30.3 Å². The maximum atomic E-state index is 12.0. The second kappa shape index (κ2) is 6.52. The first-order valence-electron chi connectivity index (χ1n) is 6.69. The number of Topliss-reactive ketones (excluding diaryl/α,β-unsaturated/α-hetero) is 1. The first-order valence-corrected chi connectivity index (χ1v) is 6.69. The number of amides is 1. The van der Waals surface area contributed by atoms with Gasteiger partial charge in [0.1, 0.15) is 6.61 Å². The molecule has 2 N–H and O–H groups in total. The van der Waals surface area contributed by atoms with E-state index in [1.54, 1.807) is 0 Å². The van der Waals surface area contributed by atoms with Gasteiger partial charge < -0.3 is 10.5 Å². The minimum Gasteiger partial charge on any atom is -0.445 e. The van der Waals surface area contributed by atoms with Crippen molar-refractivity contribution in [2.45, 2.75) is 31.5 Å². The standard InChI is InChI=1S/C15H19N2O3/c1-11(16)14(18)13-8-5-9-17(13)15(19)20-10-12-6-3-2-4-7-12/h2-4,6-7,11,13H,1,5,8-10,16H2/t11?,13-/m0/s1. The molecule has 5 heteroatoms. The third-order valence-electron chi connectivity index (χ3n) is 3.39. The molecule has 1 heterocycles. The van der Waals surface area contributed by atoms with E-state index in [-0.39, 0.29) is 12.4 Å². The van der Waals surface area contributed by atoms with Gasteiger partial charge in [0.2, 0.25) is 0 Å². The van der Waals surface area contributed by atoms with Crippen molar-refractivity contribution in [3.63, 3.8) is 0 Å². The maximum absolute atomic E-state index is 12.0. The molecule has 1 amide bonds. The lowest BCUT2D eigenvalue weighted by Gasteiger charge is -2.24. The molecule has 2 rings (SSSR count). The fourth-order valence-corrected chi connectivity index (χ4v) is 2.33. The zero-order valence-electron chi connectivity index (χ0n) is 11.3. The molecular formula is C15H19N2O3. The van der Waals surface area contributed by atoms with Crippen LogP contribution in [0.3, 0.4) is 0 Å². The van der Waals surface area contributed by atoms with Crippen molar-refractivity contribution in [2.75, 3.05) is 6.54 Å².